The molecular formula is C29H35N4O4S+. The second-order valence-electron chi connectivity index (χ2n) is 10.2. The van der Waals surface area contributed by atoms with Gasteiger partial charge < -0.3 is 19.0 Å². The summed E-state index contributed by atoms with van der Waals surface area (Å²) < 4.78 is 13.6. The minimum atomic E-state index is -0.617. The number of piperazine rings is 1. The van der Waals surface area contributed by atoms with Crippen molar-refractivity contribution in [1.82, 2.24) is 4.57 Å². The minimum Gasteiger partial charge on any atom is -0.463 e. The van der Waals surface area contributed by atoms with Crippen molar-refractivity contribution in [2.45, 2.75) is 39.7 Å². The van der Waals surface area contributed by atoms with Crippen molar-refractivity contribution in [2.75, 3.05) is 44.7 Å². The maximum atomic E-state index is 13.8. The zero-order valence-corrected chi connectivity index (χ0v) is 23.4. The number of furan rings is 1. The molecule has 38 heavy (non-hydrogen) atoms. The first-order chi connectivity index (χ1) is 18.3. The summed E-state index contributed by atoms with van der Waals surface area (Å²) in [5.74, 6) is 1.36. The molecule has 1 N–H and O–H groups in total. The van der Waals surface area contributed by atoms with E-state index in [2.05, 4.69) is 42.9 Å². The standard InChI is InChI=1S/C29H34N4O4S/c1-6-36-28(35)25-19(4)30-29-33(26(25)21-9-7-20(8-10-21)18(2)3)27(34)23(38-29)17-22-11-12-24(37-22)32-15-13-31(5)14-16-32/h7-12,17-18,26H,6,13-16H2,1-5H3/p+1/b23-17+/t26-/m0/s1. The molecule has 200 valence electrons. The summed E-state index contributed by atoms with van der Waals surface area (Å²) in [5.41, 5.74) is 2.78. The van der Waals surface area contributed by atoms with Crippen molar-refractivity contribution in [3.63, 3.8) is 0 Å². The Balaban J connectivity index is 1.57. The molecule has 1 saturated heterocycles. The van der Waals surface area contributed by atoms with E-state index in [1.807, 2.05) is 24.3 Å². The smallest absolute Gasteiger partial charge is 0.338 e. The van der Waals surface area contributed by atoms with Gasteiger partial charge in [-0.2, -0.15) is 0 Å². The molecule has 0 unspecified atom stereocenters. The monoisotopic (exact) mass is 535 g/mol. The molecule has 1 fully saturated rings. The van der Waals surface area contributed by atoms with Crippen molar-refractivity contribution in [3.8, 4) is 0 Å². The Bertz CT molecular complexity index is 1540. The molecule has 2 aliphatic heterocycles. The van der Waals surface area contributed by atoms with Crippen LogP contribution in [-0.4, -0.2) is 50.4 Å². The third kappa shape index (κ3) is 5.00. The number of esters is 1. The Hall–Kier alpha value is -3.43. The highest BCUT2D eigenvalue weighted by molar-refractivity contribution is 7.07. The lowest BCUT2D eigenvalue weighted by atomic mass is 9.93. The summed E-state index contributed by atoms with van der Waals surface area (Å²) in [6.45, 7) is 12.1. The molecule has 0 bridgehead atoms. The molecule has 0 saturated carbocycles. The van der Waals surface area contributed by atoms with Crippen molar-refractivity contribution >= 4 is 29.3 Å². The molecule has 4 heterocycles. The van der Waals surface area contributed by atoms with Gasteiger partial charge in [0.2, 0.25) is 0 Å². The number of hydrogen-bond donors (Lipinski definition) is 1. The van der Waals surface area contributed by atoms with E-state index in [0.717, 1.165) is 37.6 Å². The average Bonchev–Trinajstić information content (AvgIpc) is 3.48. The van der Waals surface area contributed by atoms with Gasteiger partial charge in [-0.1, -0.05) is 49.4 Å². The van der Waals surface area contributed by atoms with Gasteiger partial charge >= 0.3 is 5.97 Å². The van der Waals surface area contributed by atoms with Gasteiger partial charge in [0.05, 0.1) is 61.7 Å². The van der Waals surface area contributed by atoms with Gasteiger partial charge in [-0.05, 0) is 37.0 Å². The number of carbonyl (C=O) groups is 1. The number of quaternary nitrogens is 1. The van der Waals surface area contributed by atoms with Gasteiger partial charge in [0, 0.05) is 12.1 Å². The lowest BCUT2D eigenvalue weighted by Crippen LogP contribution is -3.12. The molecule has 0 spiro atoms. The van der Waals surface area contributed by atoms with Gasteiger partial charge in [-0.3, -0.25) is 9.36 Å². The minimum absolute atomic E-state index is 0.206. The molecule has 0 aliphatic carbocycles. The lowest BCUT2D eigenvalue weighted by molar-refractivity contribution is -0.880. The molecule has 5 rings (SSSR count). The molecule has 3 aromatic rings. The molecule has 0 radical (unpaired) electrons. The van der Waals surface area contributed by atoms with E-state index >= 15 is 0 Å². The van der Waals surface area contributed by atoms with Crippen LogP contribution in [0, 0.1) is 0 Å². The number of aromatic nitrogens is 1. The van der Waals surface area contributed by atoms with E-state index in [-0.39, 0.29) is 12.2 Å². The van der Waals surface area contributed by atoms with Crippen molar-refractivity contribution in [3.05, 3.63) is 84.2 Å². The first-order valence-corrected chi connectivity index (χ1v) is 14.0. The molecule has 2 aliphatic rings. The molecule has 8 nitrogen and oxygen atoms in total. The fourth-order valence-corrected chi connectivity index (χ4v) is 6.02. The Morgan fingerprint density at radius 3 is 2.58 bits per heavy atom. The normalized spacial score (nSPS) is 18.6. The third-order valence-electron chi connectivity index (χ3n) is 7.25. The highest BCUT2D eigenvalue weighted by Crippen LogP contribution is 2.31. The van der Waals surface area contributed by atoms with E-state index < -0.39 is 12.0 Å². The highest BCUT2D eigenvalue weighted by atomic mass is 32.1. The van der Waals surface area contributed by atoms with Gasteiger partial charge in [-0.15, -0.1) is 0 Å². The topological polar surface area (TPSA) is 81.5 Å². The number of likely N-dealkylation sites (N-methyl/N-ethyl adjacent to an activating group) is 1. The second-order valence-corrected chi connectivity index (χ2v) is 11.3. The van der Waals surface area contributed by atoms with Gasteiger partial charge in [-0.25, -0.2) is 9.79 Å². The van der Waals surface area contributed by atoms with E-state index in [1.54, 1.807) is 24.5 Å². The summed E-state index contributed by atoms with van der Waals surface area (Å²) in [4.78, 5) is 35.9. The number of hydrogen-bond acceptors (Lipinski definition) is 7. The SMILES string of the molecule is CCOC(=O)C1=C(C)N=c2s/c(=C/c3ccc(N4CC[NH+](C)CC4)o3)c(=O)n2[C@H]1c1ccc(C(C)C)cc1. The second kappa shape index (κ2) is 10.7. The summed E-state index contributed by atoms with van der Waals surface area (Å²) in [5, 5.41) is 0. The molecule has 1 atom stereocenters. The lowest BCUT2D eigenvalue weighted by Gasteiger charge is -2.29. The van der Waals surface area contributed by atoms with Gasteiger partial charge in [0.25, 0.3) is 5.56 Å². The summed E-state index contributed by atoms with van der Waals surface area (Å²) in [6, 6.07) is 11.3. The fraction of sp³-hybridized carbons (Fsp3) is 0.414. The van der Waals surface area contributed by atoms with Crippen LogP contribution in [0.1, 0.15) is 56.5 Å². The number of ether oxygens (including phenoxy) is 1. The van der Waals surface area contributed by atoms with Crippen LogP contribution < -0.4 is 24.7 Å². The van der Waals surface area contributed by atoms with Crippen LogP contribution in [0.3, 0.4) is 0 Å². The maximum absolute atomic E-state index is 13.8. The number of rotatable bonds is 6. The number of carbonyl (C=O) groups excluding carboxylic acids is 1. The van der Waals surface area contributed by atoms with E-state index in [1.165, 1.54) is 21.8 Å². The average molecular weight is 536 g/mol. The van der Waals surface area contributed by atoms with Crippen LogP contribution in [0.2, 0.25) is 0 Å². The Kier molecular flexibility index (Phi) is 7.40. The van der Waals surface area contributed by atoms with Crippen LogP contribution in [-0.2, 0) is 9.53 Å². The van der Waals surface area contributed by atoms with Crippen LogP contribution >= 0.6 is 11.3 Å². The predicted octanol–water partition coefficient (Wildman–Crippen LogP) is 1.85. The number of nitrogens with one attached hydrogen (secondary N) is 1. The first kappa shape index (κ1) is 26.2. The zero-order chi connectivity index (χ0) is 27.0. The van der Waals surface area contributed by atoms with Crippen LogP contribution in [0.4, 0.5) is 5.88 Å². The zero-order valence-electron chi connectivity index (χ0n) is 22.6. The maximum Gasteiger partial charge on any atom is 0.338 e. The Morgan fingerprint density at radius 1 is 1.21 bits per heavy atom. The molecular weight excluding hydrogens is 500 g/mol. The van der Waals surface area contributed by atoms with Crippen LogP contribution in [0.5, 0.6) is 0 Å². The quantitative estimate of drug-likeness (QED) is 0.488. The van der Waals surface area contributed by atoms with E-state index in [9.17, 15) is 9.59 Å². The summed E-state index contributed by atoms with van der Waals surface area (Å²) in [6.07, 6.45) is 1.77. The molecule has 2 aromatic heterocycles. The largest absolute Gasteiger partial charge is 0.463 e. The molecule has 9 heteroatoms. The number of fused-ring (bicyclic) bond motifs is 1. The first-order valence-electron chi connectivity index (χ1n) is 13.2. The number of benzene rings is 1. The fourth-order valence-electron chi connectivity index (χ4n) is 5.00. The summed E-state index contributed by atoms with van der Waals surface area (Å²) >= 11 is 1.30. The van der Waals surface area contributed by atoms with Crippen molar-refractivity contribution < 1.29 is 18.8 Å². The van der Waals surface area contributed by atoms with E-state index in [4.69, 9.17) is 9.15 Å². The van der Waals surface area contributed by atoms with Crippen molar-refractivity contribution in [2.24, 2.45) is 4.99 Å². The van der Waals surface area contributed by atoms with Gasteiger partial charge in [0.1, 0.15) is 5.76 Å². The number of anilines is 1. The van der Waals surface area contributed by atoms with Gasteiger partial charge in [0.15, 0.2) is 10.7 Å². The predicted molar refractivity (Wildman–Crippen MR) is 148 cm³/mol. The molecule has 1 aromatic carbocycles. The number of allylic oxidation sites excluding steroid dienone is 1. The summed E-state index contributed by atoms with van der Waals surface area (Å²) in [7, 11) is 2.20. The number of nitrogens with zero attached hydrogens (tertiary/aromatic N) is 3. The van der Waals surface area contributed by atoms with Crippen LogP contribution in [0.25, 0.3) is 6.08 Å². The Morgan fingerprint density at radius 2 is 1.92 bits per heavy atom. The van der Waals surface area contributed by atoms with E-state index in [0.29, 0.717) is 32.3 Å². The van der Waals surface area contributed by atoms with Crippen LogP contribution in [0.15, 0.2) is 61.9 Å². The Labute approximate surface area is 226 Å². The van der Waals surface area contributed by atoms with Crippen molar-refractivity contribution in [1.29, 1.82) is 0 Å². The number of thiazole rings is 1. The highest BCUT2D eigenvalue weighted by Gasteiger charge is 2.33. The molecule has 0 amide bonds. The third-order valence-corrected chi connectivity index (χ3v) is 8.23.